The van der Waals surface area contributed by atoms with E-state index in [0.29, 0.717) is 12.8 Å². The zero-order valence-corrected chi connectivity index (χ0v) is 13.7. The minimum absolute atomic E-state index is 0.107. The monoisotopic (exact) mass is 318 g/mol. The number of amides is 1. The Kier molecular flexibility index (Phi) is 4.94. The van der Waals surface area contributed by atoms with Gasteiger partial charge in [-0.2, -0.15) is 0 Å². The fourth-order valence-corrected chi connectivity index (χ4v) is 3.53. The molecule has 0 spiro atoms. The Bertz CT molecular complexity index is 547. The summed E-state index contributed by atoms with van der Waals surface area (Å²) in [4.78, 5) is 21.3. The maximum Gasteiger partial charge on any atom is 0.225 e. The van der Waals surface area contributed by atoms with Crippen LogP contribution in [-0.4, -0.2) is 64.1 Å². The molecule has 1 aromatic rings. The lowest BCUT2D eigenvalue weighted by atomic mass is 10.1. The molecule has 0 radical (unpaired) electrons. The number of aryl methyl sites for hydroxylation is 1. The molecule has 1 saturated heterocycles. The molecule has 6 heteroatoms. The molecule has 126 valence electrons. The fourth-order valence-electron chi connectivity index (χ4n) is 3.53. The first-order valence-electron chi connectivity index (χ1n) is 8.40. The Morgan fingerprint density at radius 3 is 2.70 bits per heavy atom. The van der Waals surface area contributed by atoms with Gasteiger partial charge in [0.2, 0.25) is 5.91 Å². The van der Waals surface area contributed by atoms with Crippen molar-refractivity contribution in [3.05, 3.63) is 29.6 Å². The second kappa shape index (κ2) is 6.95. The van der Waals surface area contributed by atoms with Crippen LogP contribution in [0.5, 0.6) is 0 Å². The Hall–Kier alpha value is -1.50. The summed E-state index contributed by atoms with van der Waals surface area (Å²) in [6, 6.07) is 3.78. The number of aliphatic hydroxyl groups is 1. The van der Waals surface area contributed by atoms with E-state index in [9.17, 15) is 9.90 Å². The Balaban J connectivity index is 1.51. The van der Waals surface area contributed by atoms with Gasteiger partial charge in [-0.3, -0.25) is 14.7 Å². The zero-order valence-electron chi connectivity index (χ0n) is 13.7. The number of nitrogens with two attached hydrogens (primary N) is 1. The van der Waals surface area contributed by atoms with Crippen molar-refractivity contribution in [3.8, 4) is 0 Å². The number of hydrogen-bond acceptors (Lipinski definition) is 5. The smallest absolute Gasteiger partial charge is 0.225 e. The van der Waals surface area contributed by atoms with E-state index in [-0.39, 0.29) is 17.9 Å². The van der Waals surface area contributed by atoms with Crippen molar-refractivity contribution < 1.29 is 9.90 Å². The minimum Gasteiger partial charge on any atom is -0.391 e. The Labute approximate surface area is 137 Å². The molecule has 1 aliphatic carbocycles. The summed E-state index contributed by atoms with van der Waals surface area (Å²) in [7, 11) is 0. The van der Waals surface area contributed by atoms with Gasteiger partial charge >= 0.3 is 0 Å². The summed E-state index contributed by atoms with van der Waals surface area (Å²) in [5, 5.41) is 9.74. The topological polar surface area (TPSA) is 82.7 Å². The molecule has 23 heavy (non-hydrogen) atoms. The van der Waals surface area contributed by atoms with Gasteiger partial charge in [-0.1, -0.05) is 6.07 Å². The first kappa shape index (κ1) is 16.4. The van der Waals surface area contributed by atoms with Crippen molar-refractivity contribution in [1.82, 2.24) is 14.8 Å². The number of piperazine rings is 1. The molecule has 1 amide bonds. The summed E-state index contributed by atoms with van der Waals surface area (Å²) < 4.78 is 0. The fraction of sp³-hybridized carbons (Fsp3) is 0.647. The number of carbonyl (C=O) groups excluding carboxylic acids is 1. The van der Waals surface area contributed by atoms with Gasteiger partial charge in [0.05, 0.1) is 11.8 Å². The van der Waals surface area contributed by atoms with E-state index in [1.54, 1.807) is 0 Å². The molecule has 0 unspecified atom stereocenters. The van der Waals surface area contributed by atoms with Gasteiger partial charge < -0.3 is 15.7 Å². The van der Waals surface area contributed by atoms with E-state index < -0.39 is 6.10 Å². The molecule has 2 aliphatic rings. The van der Waals surface area contributed by atoms with Crippen LogP contribution in [0.2, 0.25) is 0 Å². The molecular formula is C17H26N4O2. The average Bonchev–Trinajstić information content (AvgIpc) is 2.89. The van der Waals surface area contributed by atoms with Gasteiger partial charge in [-0.15, -0.1) is 0 Å². The van der Waals surface area contributed by atoms with E-state index in [0.717, 1.165) is 38.4 Å². The molecule has 3 atom stereocenters. The predicted molar refractivity (Wildman–Crippen MR) is 87.5 cm³/mol. The molecular weight excluding hydrogens is 292 g/mol. The normalized spacial score (nSPS) is 29.0. The van der Waals surface area contributed by atoms with Crippen molar-refractivity contribution in [2.75, 3.05) is 26.2 Å². The van der Waals surface area contributed by atoms with Gasteiger partial charge in [-0.05, 0) is 31.4 Å². The van der Waals surface area contributed by atoms with Gasteiger partial charge in [0.15, 0.2) is 0 Å². The molecule has 2 heterocycles. The highest BCUT2D eigenvalue weighted by atomic mass is 16.3. The van der Waals surface area contributed by atoms with E-state index in [2.05, 4.69) is 22.9 Å². The van der Waals surface area contributed by atoms with Crippen molar-refractivity contribution >= 4 is 5.91 Å². The van der Waals surface area contributed by atoms with Crippen LogP contribution in [0.15, 0.2) is 18.3 Å². The number of hydrogen-bond donors (Lipinski definition) is 2. The number of aliphatic hydroxyl groups excluding tert-OH is 1. The van der Waals surface area contributed by atoms with Crippen LogP contribution in [0.25, 0.3) is 0 Å². The number of carbonyl (C=O) groups is 1. The quantitative estimate of drug-likeness (QED) is 0.828. The summed E-state index contributed by atoms with van der Waals surface area (Å²) in [5.74, 6) is 0.0512. The second-order valence-corrected chi connectivity index (χ2v) is 6.77. The van der Waals surface area contributed by atoms with Crippen molar-refractivity contribution in [2.24, 2.45) is 11.7 Å². The summed E-state index contributed by atoms with van der Waals surface area (Å²) in [6.45, 7) is 6.13. The first-order valence-corrected chi connectivity index (χ1v) is 8.40. The first-order chi connectivity index (χ1) is 11.0. The lowest BCUT2D eigenvalue weighted by Crippen LogP contribution is -2.50. The van der Waals surface area contributed by atoms with Gasteiger partial charge in [0.25, 0.3) is 0 Å². The van der Waals surface area contributed by atoms with E-state index in [4.69, 9.17) is 5.73 Å². The molecule has 2 fully saturated rings. The lowest BCUT2D eigenvalue weighted by Gasteiger charge is -2.36. The number of pyridine rings is 1. The molecule has 0 aromatic carbocycles. The number of aromatic nitrogens is 1. The molecule has 1 saturated carbocycles. The molecule has 1 aliphatic heterocycles. The van der Waals surface area contributed by atoms with Gasteiger partial charge in [0.1, 0.15) is 0 Å². The van der Waals surface area contributed by atoms with Crippen LogP contribution in [0.1, 0.15) is 24.1 Å². The maximum absolute atomic E-state index is 12.5. The Morgan fingerprint density at radius 2 is 2.09 bits per heavy atom. The van der Waals surface area contributed by atoms with Gasteiger partial charge in [-0.25, -0.2) is 0 Å². The molecule has 1 aromatic heterocycles. The van der Waals surface area contributed by atoms with Crippen LogP contribution in [0, 0.1) is 12.8 Å². The highest BCUT2D eigenvalue weighted by Crippen LogP contribution is 2.27. The zero-order chi connectivity index (χ0) is 16.4. The standard InChI is InChI=1S/C17H26N4O2/c1-12-3-2-4-19-15(12)11-20-5-7-21(8-6-20)17(23)13-9-14(18)16(22)10-13/h2-4,13-14,16,22H,5-11,18H2,1H3/t13-,14+,16+/m0/s1. The molecule has 6 nitrogen and oxygen atoms in total. The number of nitrogens with zero attached hydrogens (tertiary/aromatic N) is 3. The van der Waals surface area contributed by atoms with Crippen LogP contribution >= 0.6 is 0 Å². The lowest BCUT2D eigenvalue weighted by molar-refractivity contribution is -0.137. The largest absolute Gasteiger partial charge is 0.391 e. The Morgan fingerprint density at radius 1 is 1.35 bits per heavy atom. The average molecular weight is 318 g/mol. The molecule has 0 bridgehead atoms. The van der Waals surface area contributed by atoms with Crippen LogP contribution < -0.4 is 5.73 Å². The number of rotatable bonds is 3. The summed E-state index contributed by atoms with van der Waals surface area (Å²) in [6.07, 6.45) is 2.41. The van der Waals surface area contributed by atoms with Gasteiger partial charge in [0, 0.05) is 50.9 Å². The third kappa shape index (κ3) is 3.71. The highest BCUT2D eigenvalue weighted by molar-refractivity contribution is 5.79. The SMILES string of the molecule is Cc1cccnc1CN1CCN(C(=O)[C@H]2C[C@@H](N)[C@H](O)C2)CC1. The van der Waals surface area contributed by atoms with E-state index in [1.807, 2.05) is 17.2 Å². The van der Waals surface area contributed by atoms with Crippen molar-refractivity contribution in [1.29, 1.82) is 0 Å². The van der Waals surface area contributed by atoms with Crippen molar-refractivity contribution in [2.45, 2.75) is 38.5 Å². The summed E-state index contributed by atoms with van der Waals surface area (Å²) in [5.41, 5.74) is 8.14. The highest BCUT2D eigenvalue weighted by Gasteiger charge is 2.37. The second-order valence-electron chi connectivity index (χ2n) is 6.77. The minimum atomic E-state index is -0.530. The third-order valence-electron chi connectivity index (χ3n) is 5.10. The maximum atomic E-state index is 12.5. The van der Waals surface area contributed by atoms with E-state index >= 15 is 0 Å². The van der Waals surface area contributed by atoms with Crippen LogP contribution in [-0.2, 0) is 11.3 Å². The van der Waals surface area contributed by atoms with E-state index in [1.165, 1.54) is 5.56 Å². The van der Waals surface area contributed by atoms with Crippen molar-refractivity contribution in [3.63, 3.8) is 0 Å². The van der Waals surface area contributed by atoms with Crippen LogP contribution in [0.4, 0.5) is 0 Å². The molecule has 3 rings (SSSR count). The summed E-state index contributed by atoms with van der Waals surface area (Å²) >= 11 is 0. The predicted octanol–water partition coefficient (Wildman–Crippen LogP) is 0.132. The van der Waals surface area contributed by atoms with Crippen LogP contribution in [0.3, 0.4) is 0 Å². The molecule has 3 N–H and O–H groups in total. The third-order valence-corrected chi connectivity index (χ3v) is 5.10.